The van der Waals surface area contributed by atoms with Gasteiger partial charge in [-0.3, -0.25) is 10.3 Å². The lowest BCUT2D eigenvalue weighted by molar-refractivity contribution is 0.0636. The number of carbonyl (C=O) groups is 1. The molecule has 1 aromatic carbocycles. The van der Waals surface area contributed by atoms with Crippen LogP contribution in [0.5, 0.6) is 0 Å². The predicted molar refractivity (Wildman–Crippen MR) is 86.6 cm³/mol. The fraction of sp³-hybridized carbons (Fsp3) is 0.267. The van der Waals surface area contributed by atoms with Crippen molar-refractivity contribution in [3.63, 3.8) is 0 Å². The number of hydrogen-bond acceptors (Lipinski definition) is 5. The number of aromatic nitrogens is 2. The Hall–Kier alpha value is -2.34. The molecule has 0 unspecified atom stereocenters. The summed E-state index contributed by atoms with van der Waals surface area (Å²) in [5.74, 6) is 0.516. The molecule has 0 radical (unpaired) electrons. The molecule has 22 heavy (non-hydrogen) atoms. The maximum atomic E-state index is 11.7. The summed E-state index contributed by atoms with van der Waals surface area (Å²) in [6.45, 7) is 5.42. The zero-order valence-corrected chi connectivity index (χ0v) is 13.3. The number of benzene rings is 1. The van der Waals surface area contributed by atoms with E-state index >= 15 is 0 Å². The van der Waals surface area contributed by atoms with Crippen molar-refractivity contribution in [1.29, 1.82) is 0 Å². The minimum absolute atomic E-state index is 0.299. The van der Waals surface area contributed by atoms with Gasteiger partial charge in [-0.1, -0.05) is 17.7 Å². The maximum Gasteiger partial charge on any atom is 0.412 e. The smallest absolute Gasteiger partial charge is 0.412 e. The summed E-state index contributed by atoms with van der Waals surface area (Å²) in [5, 5.41) is 6.03. The Morgan fingerprint density at radius 2 is 1.95 bits per heavy atom. The number of nitrogens with one attached hydrogen (secondary N) is 2. The summed E-state index contributed by atoms with van der Waals surface area (Å²) in [5.41, 5.74) is 0.801. The van der Waals surface area contributed by atoms with E-state index in [-0.39, 0.29) is 0 Å². The second kappa shape index (κ2) is 6.62. The SMILES string of the molecule is CC(C)(C)OC(=O)Nc1cccc(Nc2cncc(Cl)n2)c1. The van der Waals surface area contributed by atoms with Crippen molar-refractivity contribution in [3.05, 3.63) is 41.8 Å². The van der Waals surface area contributed by atoms with Crippen LogP contribution in [-0.4, -0.2) is 21.7 Å². The third-order valence-corrected chi connectivity index (χ3v) is 2.57. The fourth-order valence-electron chi connectivity index (χ4n) is 1.65. The van der Waals surface area contributed by atoms with E-state index in [0.29, 0.717) is 16.7 Å². The highest BCUT2D eigenvalue weighted by Gasteiger charge is 2.16. The van der Waals surface area contributed by atoms with Crippen molar-refractivity contribution in [1.82, 2.24) is 9.97 Å². The van der Waals surface area contributed by atoms with E-state index in [4.69, 9.17) is 16.3 Å². The van der Waals surface area contributed by atoms with Crippen LogP contribution in [0.15, 0.2) is 36.7 Å². The molecule has 2 aromatic rings. The lowest BCUT2D eigenvalue weighted by Crippen LogP contribution is -2.27. The average molecular weight is 321 g/mol. The number of nitrogens with zero attached hydrogens (tertiary/aromatic N) is 2. The van der Waals surface area contributed by atoms with E-state index in [1.54, 1.807) is 24.4 Å². The molecule has 0 atom stereocenters. The van der Waals surface area contributed by atoms with Gasteiger partial charge in [0.1, 0.15) is 10.8 Å². The first-order valence-corrected chi connectivity index (χ1v) is 7.04. The van der Waals surface area contributed by atoms with E-state index < -0.39 is 11.7 Å². The number of hydrogen-bond donors (Lipinski definition) is 2. The number of halogens is 1. The lowest BCUT2D eigenvalue weighted by atomic mass is 10.2. The summed E-state index contributed by atoms with van der Waals surface area (Å²) in [6, 6.07) is 7.15. The normalized spacial score (nSPS) is 10.9. The zero-order valence-electron chi connectivity index (χ0n) is 12.6. The molecule has 0 saturated carbocycles. The van der Waals surface area contributed by atoms with Crippen LogP contribution in [-0.2, 0) is 4.74 Å². The zero-order chi connectivity index (χ0) is 16.2. The van der Waals surface area contributed by atoms with Crippen LogP contribution < -0.4 is 10.6 Å². The van der Waals surface area contributed by atoms with E-state index in [1.165, 1.54) is 6.20 Å². The van der Waals surface area contributed by atoms with E-state index in [9.17, 15) is 4.79 Å². The maximum absolute atomic E-state index is 11.7. The van der Waals surface area contributed by atoms with Gasteiger partial charge in [-0.05, 0) is 39.0 Å². The molecule has 0 bridgehead atoms. The Morgan fingerprint density at radius 1 is 1.23 bits per heavy atom. The molecule has 1 amide bonds. The molecule has 0 aliphatic rings. The quantitative estimate of drug-likeness (QED) is 0.885. The third-order valence-electron chi connectivity index (χ3n) is 2.39. The van der Waals surface area contributed by atoms with Gasteiger partial charge in [0, 0.05) is 11.4 Å². The van der Waals surface area contributed by atoms with Crippen LogP contribution in [0, 0.1) is 0 Å². The summed E-state index contributed by atoms with van der Waals surface area (Å²) in [7, 11) is 0. The van der Waals surface area contributed by atoms with Crippen molar-refractivity contribution in [2.75, 3.05) is 10.6 Å². The molecule has 2 rings (SSSR count). The fourth-order valence-corrected chi connectivity index (χ4v) is 1.79. The molecule has 0 fully saturated rings. The molecule has 6 nitrogen and oxygen atoms in total. The van der Waals surface area contributed by atoms with E-state index in [1.807, 2.05) is 26.8 Å². The molecular formula is C15H17ClN4O2. The van der Waals surface area contributed by atoms with Gasteiger partial charge in [-0.15, -0.1) is 0 Å². The minimum atomic E-state index is -0.545. The Morgan fingerprint density at radius 3 is 2.64 bits per heavy atom. The number of anilines is 3. The first-order valence-electron chi connectivity index (χ1n) is 6.66. The van der Waals surface area contributed by atoms with Crippen molar-refractivity contribution in [2.24, 2.45) is 0 Å². The Balaban J connectivity index is 2.05. The van der Waals surface area contributed by atoms with E-state index in [0.717, 1.165) is 5.69 Å². The highest BCUT2D eigenvalue weighted by atomic mass is 35.5. The predicted octanol–water partition coefficient (Wildman–Crippen LogP) is 4.22. The van der Waals surface area contributed by atoms with Crippen LogP contribution >= 0.6 is 11.6 Å². The minimum Gasteiger partial charge on any atom is -0.444 e. The van der Waals surface area contributed by atoms with Crippen LogP contribution in [0.3, 0.4) is 0 Å². The van der Waals surface area contributed by atoms with Crippen molar-refractivity contribution < 1.29 is 9.53 Å². The van der Waals surface area contributed by atoms with Gasteiger partial charge in [0.15, 0.2) is 5.82 Å². The highest BCUT2D eigenvalue weighted by Crippen LogP contribution is 2.20. The highest BCUT2D eigenvalue weighted by molar-refractivity contribution is 6.29. The number of amides is 1. The average Bonchev–Trinajstić information content (AvgIpc) is 2.36. The molecule has 1 aromatic heterocycles. The van der Waals surface area contributed by atoms with Crippen molar-refractivity contribution in [2.45, 2.75) is 26.4 Å². The van der Waals surface area contributed by atoms with Gasteiger partial charge >= 0.3 is 6.09 Å². The van der Waals surface area contributed by atoms with Crippen molar-refractivity contribution >= 4 is 34.9 Å². The lowest BCUT2D eigenvalue weighted by Gasteiger charge is -2.19. The molecule has 0 spiro atoms. The van der Waals surface area contributed by atoms with Gasteiger partial charge in [0.05, 0.1) is 12.4 Å². The third kappa shape index (κ3) is 5.21. The molecule has 0 aliphatic heterocycles. The van der Waals surface area contributed by atoms with Gasteiger partial charge < -0.3 is 10.1 Å². The van der Waals surface area contributed by atoms with Crippen LogP contribution in [0.25, 0.3) is 0 Å². The monoisotopic (exact) mass is 320 g/mol. The summed E-state index contributed by atoms with van der Waals surface area (Å²) in [6.07, 6.45) is 2.50. The molecule has 2 N–H and O–H groups in total. The summed E-state index contributed by atoms with van der Waals surface area (Å²) < 4.78 is 5.21. The number of carbonyl (C=O) groups excluding carboxylic acids is 1. The van der Waals surface area contributed by atoms with Gasteiger partial charge in [-0.2, -0.15) is 0 Å². The summed E-state index contributed by atoms with van der Waals surface area (Å²) in [4.78, 5) is 19.8. The molecule has 116 valence electrons. The van der Waals surface area contributed by atoms with Gasteiger partial charge in [0.25, 0.3) is 0 Å². The first-order chi connectivity index (χ1) is 10.3. The Kier molecular flexibility index (Phi) is 4.82. The van der Waals surface area contributed by atoms with Crippen LogP contribution in [0.2, 0.25) is 5.15 Å². The van der Waals surface area contributed by atoms with Crippen LogP contribution in [0.4, 0.5) is 22.0 Å². The first kappa shape index (κ1) is 16.0. The molecule has 1 heterocycles. The molecule has 0 saturated heterocycles. The molecule has 7 heteroatoms. The summed E-state index contributed by atoms with van der Waals surface area (Å²) >= 11 is 5.79. The largest absolute Gasteiger partial charge is 0.444 e. The van der Waals surface area contributed by atoms with Crippen LogP contribution in [0.1, 0.15) is 20.8 Å². The second-order valence-electron chi connectivity index (χ2n) is 5.56. The molecular weight excluding hydrogens is 304 g/mol. The topological polar surface area (TPSA) is 76.1 Å². The number of ether oxygens (including phenoxy) is 1. The van der Waals surface area contributed by atoms with Crippen molar-refractivity contribution in [3.8, 4) is 0 Å². The Bertz CT molecular complexity index is 671. The number of rotatable bonds is 3. The standard InChI is InChI=1S/C15H17ClN4O2/c1-15(2,3)22-14(21)19-11-6-4-5-10(7-11)18-13-9-17-8-12(16)20-13/h4-9H,1-3H3,(H,18,20)(H,19,21). The van der Waals surface area contributed by atoms with Gasteiger partial charge in [0.2, 0.25) is 0 Å². The van der Waals surface area contributed by atoms with Gasteiger partial charge in [-0.25, -0.2) is 9.78 Å². The Labute approximate surface area is 133 Å². The van der Waals surface area contributed by atoms with E-state index in [2.05, 4.69) is 20.6 Å². The molecule has 0 aliphatic carbocycles. The second-order valence-corrected chi connectivity index (χ2v) is 5.95.